The van der Waals surface area contributed by atoms with E-state index in [1.807, 2.05) is 25.1 Å². The van der Waals surface area contributed by atoms with Crippen LogP contribution in [0.1, 0.15) is 52.5 Å². The third-order valence-electron chi connectivity index (χ3n) is 8.47. The maximum Gasteiger partial charge on any atom is 0.264 e. The van der Waals surface area contributed by atoms with Crippen LogP contribution in [0.15, 0.2) is 41.5 Å². The third-order valence-corrected chi connectivity index (χ3v) is 10.9. The molecule has 4 rings (SSSR count). The number of amides is 2. The number of carbonyl (C=O) groups is 2. The third kappa shape index (κ3) is 5.64. The number of benzene rings is 1. The summed E-state index contributed by atoms with van der Waals surface area (Å²) in [4.78, 5) is 30.6. The molecule has 0 unspecified atom stereocenters. The molecule has 0 aromatic heterocycles. The summed E-state index contributed by atoms with van der Waals surface area (Å²) in [5.74, 6) is -0.639. The molecule has 0 bridgehead atoms. The van der Waals surface area contributed by atoms with Crippen molar-refractivity contribution in [3.05, 3.63) is 47.1 Å². The van der Waals surface area contributed by atoms with Gasteiger partial charge in [0.2, 0.25) is 14.3 Å². The van der Waals surface area contributed by atoms with E-state index in [-0.39, 0.29) is 31.4 Å². The second kappa shape index (κ2) is 11.6. The van der Waals surface area contributed by atoms with E-state index in [9.17, 15) is 14.7 Å². The van der Waals surface area contributed by atoms with Gasteiger partial charge >= 0.3 is 0 Å². The number of ether oxygens (including phenoxy) is 1. The molecular weight excluding hydrogens is 513 g/mol. The highest BCUT2D eigenvalue weighted by Crippen LogP contribution is 2.60. The Bertz CT molecular complexity index is 1160. The van der Waals surface area contributed by atoms with Crippen LogP contribution in [0.4, 0.5) is 15.5 Å². The Morgan fingerprint density at radius 2 is 2.00 bits per heavy atom. The Hall–Kier alpha value is -2.33. The quantitative estimate of drug-likeness (QED) is 0.259. The number of carbonyl (C=O) groups excluding carboxylic acids is 2. The number of nitrogens with one attached hydrogen (secondary N) is 1. The predicted molar refractivity (Wildman–Crippen MR) is 156 cm³/mol. The van der Waals surface area contributed by atoms with Crippen LogP contribution in [0.3, 0.4) is 0 Å². The number of halogens is 1. The summed E-state index contributed by atoms with van der Waals surface area (Å²) >= 11 is 0. The largest absolute Gasteiger partial charge is 0.396 e. The molecule has 7 nitrogen and oxygen atoms in total. The Morgan fingerprint density at radius 3 is 2.64 bits per heavy atom. The first-order valence-corrected chi connectivity index (χ1v) is 17.1. The molecule has 2 fully saturated rings. The SMILES string of the molecule is CC(C)=CCC/C(C)=C/CN1C(=O)[C@@]2(O[C@@H](CCO)[C@H]([Si](C)(C)F)[C@H]2C)c2cc(N3CCNCC3=O)ccc21. The van der Waals surface area contributed by atoms with Gasteiger partial charge in [0.25, 0.3) is 5.91 Å². The first kappa shape index (κ1) is 29.6. The number of aliphatic hydroxyl groups excluding tert-OH is 1. The van der Waals surface area contributed by atoms with Crippen molar-refractivity contribution in [3.63, 3.8) is 0 Å². The van der Waals surface area contributed by atoms with Gasteiger partial charge in [-0.15, -0.1) is 0 Å². The van der Waals surface area contributed by atoms with Gasteiger partial charge in [0.05, 0.1) is 18.3 Å². The van der Waals surface area contributed by atoms with Crippen molar-refractivity contribution in [1.29, 1.82) is 0 Å². The number of piperazine rings is 1. The molecule has 3 aliphatic heterocycles. The monoisotopic (exact) mass is 557 g/mol. The van der Waals surface area contributed by atoms with E-state index in [0.29, 0.717) is 25.2 Å². The molecule has 0 radical (unpaired) electrons. The molecule has 1 aromatic carbocycles. The second-order valence-corrected chi connectivity index (χ2v) is 15.8. The Kier molecular flexibility index (Phi) is 8.85. The van der Waals surface area contributed by atoms with E-state index in [0.717, 1.165) is 24.2 Å². The minimum Gasteiger partial charge on any atom is -0.396 e. The van der Waals surface area contributed by atoms with Crippen LogP contribution >= 0.6 is 0 Å². The smallest absolute Gasteiger partial charge is 0.264 e. The highest BCUT2D eigenvalue weighted by molar-refractivity contribution is 6.72. The van der Waals surface area contributed by atoms with Crippen molar-refractivity contribution < 1.29 is 23.5 Å². The Labute approximate surface area is 233 Å². The van der Waals surface area contributed by atoms with Gasteiger partial charge in [-0.3, -0.25) is 9.59 Å². The lowest BCUT2D eigenvalue weighted by Crippen LogP contribution is -2.48. The molecule has 39 heavy (non-hydrogen) atoms. The molecular formula is C30H44FN3O4Si. The lowest BCUT2D eigenvalue weighted by molar-refractivity contribution is -0.146. The van der Waals surface area contributed by atoms with Gasteiger partial charge in [-0.2, -0.15) is 0 Å². The van der Waals surface area contributed by atoms with E-state index in [1.54, 1.807) is 22.9 Å². The van der Waals surface area contributed by atoms with Gasteiger partial charge in [0.15, 0.2) is 5.60 Å². The van der Waals surface area contributed by atoms with Gasteiger partial charge in [0, 0.05) is 49.0 Å². The number of hydrogen-bond acceptors (Lipinski definition) is 5. The van der Waals surface area contributed by atoms with Crippen molar-refractivity contribution in [2.45, 2.75) is 77.3 Å². The number of aliphatic hydroxyl groups is 1. The normalized spacial score (nSPS) is 27.5. The predicted octanol–water partition coefficient (Wildman–Crippen LogP) is 4.82. The van der Waals surface area contributed by atoms with Crippen LogP contribution in [-0.4, -0.2) is 64.2 Å². The summed E-state index contributed by atoms with van der Waals surface area (Å²) in [6.07, 6.45) is 5.87. The van der Waals surface area contributed by atoms with E-state index in [2.05, 4.69) is 38.2 Å². The van der Waals surface area contributed by atoms with Crippen molar-refractivity contribution in [2.24, 2.45) is 5.92 Å². The van der Waals surface area contributed by atoms with Crippen molar-refractivity contribution >= 4 is 31.6 Å². The van der Waals surface area contributed by atoms with Crippen LogP contribution < -0.4 is 15.1 Å². The first-order chi connectivity index (χ1) is 18.4. The average Bonchev–Trinajstić information content (AvgIpc) is 3.29. The van der Waals surface area contributed by atoms with E-state index in [1.165, 1.54) is 11.1 Å². The molecule has 9 heteroatoms. The zero-order valence-corrected chi connectivity index (χ0v) is 25.2. The fraction of sp³-hybridized carbons (Fsp3) is 0.600. The maximum absolute atomic E-state index is 15.8. The molecule has 2 amide bonds. The maximum atomic E-state index is 15.8. The van der Waals surface area contributed by atoms with Gasteiger partial charge < -0.3 is 29.1 Å². The van der Waals surface area contributed by atoms with Crippen LogP contribution in [0, 0.1) is 5.92 Å². The molecule has 3 aliphatic rings. The summed E-state index contributed by atoms with van der Waals surface area (Å²) in [5.41, 5.74) is 2.83. The van der Waals surface area contributed by atoms with E-state index >= 15 is 4.11 Å². The van der Waals surface area contributed by atoms with Crippen molar-refractivity contribution in [2.75, 3.05) is 42.6 Å². The van der Waals surface area contributed by atoms with Crippen LogP contribution in [0.2, 0.25) is 18.6 Å². The Morgan fingerprint density at radius 1 is 1.26 bits per heavy atom. The number of fused-ring (bicyclic) bond motifs is 2. The summed E-state index contributed by atoms with van der Waals surface area (Å²) in [6.45, 7) is 13.2. The zero-order valence-electron chi connectivity index (χ0n) is 24.2. The number of nitrogens with zero attached hydrogens (tertiary/aromatic N) is 2. The van der Waals surface area contributed by atoms with Gasteiger partial charge in [-0.25, -0.2) is 0 Å². The summed E-state index contributed by atoms with van der Waals surface area (Å²) in [6, 6.07) is 5.70. The first-order valence-electron chi connectivity index (χ1n) is 14.2. The summed E-state index contributed by atoms with van der Waals surface area (Å²) < 4.78 is 22.4. The average molecular weight is 558 g/mol. The highest BCUT2D eigenvalue weighted by Gasteiger charge is 2.66. The molecule has 214 valence electrons. The lowest BCUT2D eigenvalue weighted by atomic mass is 9.82. The number of allylic oxidation sites excluding steroid dienone is 3. The van der Waals surface area contributed by atoms with E-state index in [4.69, 9.17) is 4.74 Å². The molecule has 0 saturated carbocycles. The topological polar surface area (TPSA) is 82.1 Å². The van der Waals surface area contributed by atoms with Crippen molar-refractivity contribution in [3.8, 4) is 0 Å². The lowest BCUT2D eigenvalue weighted by Gasteiger charge is -2.32. The molecule has 3 heterocycles. The summed E-state index contributed by atoms with van der Waals surface area (Å²) in [5, 5.41) is 12.9. The second-order valence-electron chi connectivity index (χ2n) is 12.0. The fourth-order valence-electron chi connectivity index (χ4n) is 6.60. The molecule has 2 N–H and O–H groups in total. The molecule has 1 spiro atoms. The van der Waals surface area contributed by atoms with Gasteiger partial charge in [-0.1, -0.05) is 30.2 Å². The highest BCUT2D eigenvalue weighted by atomic mass is 28.4. The Balaban J connectivity index is 1.77. The van der Waals surface area contributed by atoms with Crippen LogP contribution in [0.25, 0.3) is 0 Å². The number of hydrogen-bond donors (Lipinski definition) is 2. The summed E-state index contributed by atoms with van der Waals surface area (Å²) in [7, 11) is -3.27. The molecule has 2 saturated heterocycles. The van der Waals surface area contributed by atoms with Crippen LogP contribution in [-0.2, 0) is 19.9 Å². The standard InChI is InChI=1S/C30H44FN3O4Si/c1-20(2)8-7-9-21(3)12-15-34-25-11-10-23(33-16-14-32-19-27(33)36)18-24(25)30(29(34)37)22(4)28(39(5,6)31)26(38-30)13-17-35/h8,10-12,18,22,26,28,32,35H,7,9,13-17,19H2,1-6H3/b21-12+/t22-,26+,28-,30+/m1/s1. The number of rotatable bonds is 9. The molecule has 4 atom stereocenters. The van der Waals surface area contributed by atoms with Crippen LogP contribution in [0.5, 0.6) is 0 Å². The van der Waals surface area contributed by atoms with Gasteiger partial charge in [-0.05, 0) is 71.3 Å². The molecule has 0 aliphatic carbocycles. The number of anilines is 2. The fourth-order valence-corrected chi connectivity index (χ4v) is 9.14. The van der Waals surface area contributed by atoms with Gasteiger partial charge in [0.1, 0.15) is 0 Å². The minimum atomic E-state index is -3.27. The molecule has 1 aromatic rings. The minimum absolute atomic E-state index is 0.0277. The van der Waals surface area contributed by atoms with Crippen molar-refractivity contribution in [1.82, 2.24) is 5.32 Å². The zero-order chi connectivity index (χ0) is 28.5. The van der Waals surface area contributed by atoms with E-state index < -0.39 is 31.6 Å².